The van der Waals surface area contributed by atoms with Crippen LogP contribution in [0.4, 0.5) is 0 Å². The van der Waals surface area contributed by atoms with Crippen molar-refractivity contribution in [1.29, 1.82) is 0 Å². The molecule has 0 fully saturated rings. The van der Waals surface area contributed by atoms with Gasteiger partial charge in [-0.15, -0.1) is 0 Å². The Bertz CT molecular complexity index is 445. The minimum absolute atomic E-state index is 0.241. The molecule has 1 aromatic heterocycles. The van der Waals surface area contributed by atoms with Gasteiger partial charge < -0.3 is 9.73 Å². The summed E-state index contributed by atoms with van der Waals surface area (Å²) in [5, 5.41) is 3.37. The molecule has 1 aromatic carbocycles. The first kappa shape index (κ1) is 11.7. The molecule has 0 radical (unpaired) electrons. The maximum atomic E-state index is 5.32. The lowest BCUT2D eigenvalue weighted by Gasteiger charge is -2.08. The van der Waals surface area contributed by atoms with E-state index in [9.17, 15) is 0 Å². The summed E-state index contributed by atoms with van der Waals surface area (Å²) < 4.78 is 5.32. The van der Waals surface area contributed by atoms with Crippen molar-refractivity contribution in [3.8, 4) is 0 Å². The third-order valence-electron chi connectivity index (χ3n) is 2.62. The SMILES string of the molecule is C[C@H](NC/C=C/c1ccccc1)c1ccco1. The van der Waals surface area contributed by atoms with Crippen molar-refractivity contribution in [3.63, 3.8) is 0 Å². The van der Waals surface area contributed by atoms with Crippen LogP contribution in [0.5, 0.6) is 0 Å². The number of nitrogens with one attached hydrogen (secondary N) is 1. The highest BCUT2D eigenvalue weighted by molar-refractivity contribution is 5.48. The Morgan fingerprint density at radius 2 is 2.00 bits per heavy atom. The highest BCUT2D eigenvalue weighted by Crippen LogP contribution is 2.11. The van der Waals surface area contributed by atoms with E-state index >= 15 is 0 Å². The molecule has 2 aromatic rings. The highest BCUT2D eigenvalue weighted by atomic mass is 16.3. The summed E-state index contributed by atoms with van der Waals surface area (Å²) >= 11 is 0. The van der Waals surface area contributed by atoms with Crippen LogP contribution in [-0.2, 0) is 0 Å². The van der Waals surface area contributed by atoms with Crippen LogP contribution in [0.3, 0.4) is 0 Å². The normalized spacial score (nSPS) is 13.0. The summed E-state index contributed by atoms with van der Waals surface area (Å²) in [7, 11) is 0. The Morgan fingerprint density at radius 1 is 1.18 bits per heavy atom. The van der Waals surface area contributed by atoms with E-state index in [1.807, 2.05) is 30.3 Å². The third-order valence-corrected chi connectivity index (χ3v) is 2.62. The smallest absolute Gasteiger partial charge is 0.120 e. The minimum atomic E-state index is 0.241. The summed E-state index contributed by atoms with van der Waals surface area (Å²) in [6.07, 6.45) is 5.93. The van der Waals surface area contributed by atoms with Crippen LogP contribution in [0, 0.1) is 0 Å². The quantitative estimate of drug-likeness (QED) is 0.843. The summed E-state index contributed by atoms with van der Waals surface area (Å²) in [4.78, 5) is 0. The number of benzene rings is 1. The molecule has 2 rings (SSSR count). The molecule has 1 heterocycles. The fraction of sp³-hybridized carbons (Fsp3) is 0.200. The van der Waals surface area contributed by atoms with E-state index in [1.54, 1.807) is 6.26 Å². The largest absolute Gasteiger partial charge is 0.468 e. The van der Waals surface area contributed by atoms with Gasteiger partial charge in [0.15, 0.2) is 0 Å². The molecule has 0 amide bonds. The van der Waals surface area contributed by atoms with Crippen LogP contribution in [0.15, 0.2) is 59.2 Å². The average Bonchev–Trinajstić information content (AvgIpc) is 2.89. The molecule has 0 spiro atoms. The second kappa shape index (κ2) is 6.06. The Morgan fingerprint density at radius 3 is 2.71 bits per heavy atom. The zero-order valence-corrected chi connectivity index (χ0v) is 9.97. The van der Waals surface area contributed by atoms with Crippen LogP contribution >= 0.6 is 0 Å². The predicted octanol–water partition coefficient (Wildman–Crippen LogP) is 3.64. The van der Waals surface area contributed by atoms with Gasteiger partial charge in [0.05, 0.1) is 12.3 Å². The molecule has 2 nitrogen and oxygen atoms in total. The van der Waals surface area contributed by atoms with Gasteiger partial charge in [-0.2, -0.15) is 0 Å². The molecule has 17 heavy (non-hydrogen) atoms. The van der Waals surface area contributed by atoms with Crippen molar-refractivity contribution in [1.82, 2.24) is 5.32 Å². The molecule has 2 heteroatoms. The van der Waals surface area contributed by atoms with E-state index in [4.69, 9.17) is 4.42 Å². The lowest BCUT2D eigenvalue weighted by Crippen LogP contribution is -2.17. The Labute approximate surface area is 102 Å². The molecule has 1 N–H and O–H groups in total. The van der Waals surface area contributed by atoms with E-state index in [2.05, 4.69) is 36.5 Å². The van der Waals surface area contributed by atoms with E-state index < -0.39 is 0 Å². The lowest BCUT2D eigenvalue weighted by atomic mass is 10.2. The number of hydrogen-bond acceptors (Lipinski definition) is 2. The summed E-state index contributed by atoms with van der Waals surface area (Å²) in [6, 6.07) is 14.4. The monoisotopic (exact) mass is 227 g/mol. The molecular weight excluding hydrogens is 210 g/mol. The zero-order chi connectivity index (χ0) is 11.9. The van der Waals surface area contributed by atoms with Gasteiger partial charge >= 0.3 is 0 Å². The number of rotatable bonds is 5. The second-order valence-corrected chi connectivity index (χ2v) is 3.96. The maximum absolute atomic E-state index is 5.32. The van der Waals surface area contributed by atoms with Crippen molar-refractivity contribution in [2.75, 3.05) is 6.54 Å². The molecule has 0 saturated heterocycles. The molecule has 0 aliphatic heterocycles. The second-order valence-electron chi connectivity index (χ2n) is 3.96. The lowest BCUT2D eigenvalue weighted by molar-refractivity contribution is 0.442. The van der Waals surface area contributed by atoms with Crippen molar-refractivity contribution >= 4 is 6.08 Å². The highest BCUT2D eigenvalue weighted by Gasteiger charge is 2.04. The molecule has 0 aliphatic carbocycles. The van der Waals surface area contributed by atoms with Gasteiger partial charge in [-0.1, -0.05) is 42.5 Å². The Hall–Kier alpha value is -1.80. The van der Waals surface area contributed by atoms with Gasteiger partial charge in [0.1, 0.15) is 5.76 Å². The van der Waals surface area contributed by atoms with Crippen molar-refractivity contribution < 1.29 is 4.42 Å². The fourth-order valence-corrected chi connectivity index (χ4v) is 1.64. The molecule has 0 aliphatic rings. The van der Waals surface area contributed by atoms with E-state index in [0.29, 0.717) is 0 Å². The predicted molar refractivity (Wildman–Crippen MR) is 70.6 cm³/mol. The molecule has 0 bridgehead atoms. The van der Waals surface area contributed by atoms with Crippen LogP contribution in [0.2, 0.25) is 0 Å². The average molecular weight is 227 g/mol. The van der Waals surface area contributed by atoms with Crippen molar-refractivity contribution in [2.45, 2.75) is 13.0 Å². The first-order valence-electron chi connectivity index (χ1n) is 5.84. The molecule has 0 unspecified atom stereocenters. The van der Waals surface area contributed by atoms with Gasteiger partial charge in [0.2, 0.25) is 0 Å². The third kappa shape index (κ3) is 3.61. The molecule has 1 atom stereocenters. The first-order chi connectivity index (χ1) is 8.36. The van der Waals surface area contributed by atoms with Gasteiger partial charge in [0.25, 0.3) is 0 Å². The standard InChI is InChI=1S/C15H17NO/c1-13(15-10-6-12-17-15)16-11-5-9-14-7-3-2-4-8-14/h2-10,12-13,16H,11H2,1H3/b9-5+/t13-/m0/s1. The summed E-state index contributed by atoms with van der Waals surface area (Å²) in [6.45, 7) is 2.92. The van der Waals surface area contributed by atoms with Crippen LogP contribution in [-0.4, -0.2) is 6.54 Å². The molecule has 0 saturated carbocycles. The van der Waals surface area contributed by atoms with Crippen molar-refractivity contribution in [2.24, 2.45) is 0 Å². The van der Waals surface area contributed by atoms with E-state index in [1.165, 1.54) is 5.56 Å². The molecular formula is C15H17NO. The zero-order valence-electron chi connectivity index (χ0n) is 9.97. The van der Waals surface area contributed by atoms with Gasteiger partial charge in [0, 0.05) is 6.54 Å². The van der Waals surface area contributed by atoms with E-state index in [-0.39, 0.29) is 6.04 Å². The number of hydrogen-bond donors (Lipinski definition) is 1. The van der Waals surface area contributed by atoms with Crippen LogP contribution in [0.1, 0.15) is 24.3 Å². The summed E-state index contributed by atoms with van der Waals surface area (Å²) in [5.74, 6) is 0.970. The fourth-order valence-electron chi connectivity index (χ4n) is 1.64. The number of furan rings is 1. The Balaban J connectivity index is 1.78. The minimum Gasteiger partial charge on any atom is -0.468 e. The first-order valence-corrected chi connectivity index (χ1v) is 5.84. The van der Waals surface area contributed by atoms with Crippen molar-refractivity contribution in [3.05, 3.63) is 66.1 Å². The van der Waals surface area contributed by atoms with Crippen LogP contribution in [0.25, 0.3) is 6.08 Å². The maximum Gasteiger partial charge on any atom is 0.120 e. The van der Waals surface area contributed by atoms with Gasteiger partial charge in [-0.25, -0.2) is 0 Å². The van der Waals surface area contributed by atoms with E-state index in [0.717, 1.165) is 12.3 Å². The summed E-state index contributed by atoms with van der Waals surface area (Å²) in [5.41, 5.74) is 1.22. The molecule has 88 valence electrons. The topological polar surface area (TPSA) is 25.2 Å². The van der Waals surface area contributed by atoms with Gasteiger partial charge in [-0.3, -0.25) is 0 Å². The van der Waals surface area contributed by atoms with Crippen LogP contribution < -0.4 is 5.32 Å². The Kier molecular flexibility index (Phi) is 4.17. The van der Waals surface area contributed by atoms with Gasteiger partial charge in [-0.05, 0) is 24.6 Å².